The van der Waals surface area contributed by atoms with Crippen molar-refractivity contribution >= 4 is 5.78 Å². The first-order chi connectivity index (χ1) is 9.06. The number of aliphatic hydroxyl groups is 1. The molecule has 1 heterocycles. The van der Waals surface area contributed by atoms with Crippen LogP contribution in [0.2, 0.25) is 0 Å². The van der Waals surface area contributed by atoms with E-state index in [4.69, 9.17) is 0 Å². The van der Waals surface area contributed by atoms with Gasteiger partial charge in [-0.05, 0) is 43.3 Å². The molecular weight excluding hydrogens is 245 g/mol. The minimum atomic E-state index is -1.17. The van der Waals surface area contributed by atoms with E-state index in [-0.39, 0.29) is 6.42 Å². The van der Waals surface area contributed by atoms with Crippen LogP contribution in [0.4, 0.5) is 4.39 Å². The Kier molecular flexibility index (Phi) is 4.02. The summed E-state index contributed by atoms with van der Waals surface area (Å²) in [4.78, 5) is 16.2. The molecule has 4 heteroatoms. The summed E-state index contributed by atoms with van der Waals surface area (Å²) in [6, 6.07) is 10.6. The van der Waals surface area contributed by atoms with Gasteiger partial charge >= 0.3 is 0 Å². The number of carbonyl (C=O) groups excluding carboxylic acids is 1. The highest BCUT2D eigenvalue weighted by molar-refractivity contribution is 5.99. The average Bonchev–Trinajstić information content (AvgIpc) is 2.39. The summed E-state index contributed by atoms with van der Waals surface area (Å²) in [5.41, 5.74) is 1.78. The molecule has 0 spiro atoms. The zero-order chi connectivity index (χ0) is 13.8. The van der Waals surface area contributed by atoms with Crippen LogP contribution < -0.4 is 0 Å². The molecule has 2 rings (SSSR count). The lowest BCUT2D eigenvalue weighted by Crippen LogP contribution is -2.23. The van der Waals surface area contributed by atoms with Gasteiger partial charge in [-0.15, -0.1) is 0 Å². The molecule has 0 aliphatic heterocycles. The largest absolute Gasteiger partial charge is 0.385 e. The standard InChI is InChI=1S/C15H14FNO2/c1-10-3-2-4-13(17-10)9-14(18)15(19)11-5-7-12(16)8-6-11/h2-8,14,18H,9H2,1H3. The fourth-order valence-electron chi connectivity index (χ4n) is 1.81. The molecule has 0 aliphatic carbocycles. The van der Waals surface area contributed by atoms with Crippen LogP contribution in [0.15, 0.2) is 42.5 Å². The van der Waals surface area contributed by atoms with Crippen molar-refractivity contribution in [1.29, 1.82) is 0 Å². The van der Waals surface area contributed by atoms with Crippen molar-refractivity contribution in [3.63, 3.8) is 0 Å². The summed E-state index contributed by atoms with van der Waals surface area (Å²) in [7, 11) is 0. The maximum absolute atomic E-state index is 12.8. The average molecular weight is 259 g/mol. The second kappa shape index (κ2) is 5.71. The molecule has 0 radical (unpaired) electrons. The number of hydrogen-bond acceptors (Lipinski definition) is 3. The Morgan fingerprint density at radius 2 is 1.95 bits per heavy atom. The van der Waals surface area contributed by atoms with E-state index in [9.17, 15) is 14.3 Å². The van der Waals surface area contributed by atoms with Gasteiger partial charge in [0.25, 0.3) is 0 Å². The first kappa shape index (κ1) is 13.4. The predicted octanol–water partition coefficient (Wildman–Crippen LogP) is 2.32. The summed E-state index contributed by atoms with van der Waals surface area (Å²) in [6.07, 6.45) is -1.02. The lowest BCUT2D eigenvalue weighted by atomic mass is 10.0. The Hall–Kier alpha value is -2.07. The molecule has 3 nitrogen and oxygen atoms in total. The number of aryl methyl sites for hydroxylation is 1. The quantitative estimate of drug-likeness (QED) is 0.857. The third-order valence-corrected chi connectivity index (χ3v) is 2.78. The third-order valence-electron chi connectivity index (χ3n) is 2.78. The number of ketones is 1. The van der Waals surface area contributed by atoms with E-state index in [1.807, 2.05) is 19.1 Å². The van der Waals surface area contributed by atoms with E-state index in [1.165, 1.54) is 24.3 Å². The van der Waals surface area contributed by atoms with E-state index < -0.39 is 17.7 Å². The van der Waals surface area contributed by atoms with Crippen LogP contribution in [0.3, 0.4) is 0 Å². The van der Waals surface area contributed by atoms with Crippen LogP contribution in [0.1, 0.15) is 21.7 Å². The predicted molar refractivity (Wildman–Crippen MR) is 69.4 cm³/mol. The Morgan fingerprint density at radius 3 is 2.58 bits per heavy atom. The Labute approximate surface area is 110 Å². The fraction of sp³-hybridized carbons (Fsp3) is 0.200. The zero-order valence-electron chi connectivity index (χ0n) is 10.5. The molecule has 0 saturated carbocycles. The van der Waals surface area contributed by atoms with Gasteiger partial charge in [0.15, 0.2) is 5.78 Å². The number of carbonyl (C=O) groups is 1. The first-order valence-electron chi connectivity index (χ1n) is 5.96. The maximum Gasteiger partial charge on any atom is 0.191 e. The van der Waals surface area contributed by atoms with Gasteiger partial charge in [-0.25, -0.2) is 4.39 Å². The van der Waals surface area contributed by atoms with E-state index in [0.29, 0.717) is 11.3 Å². The van der Waals surface area contributed by atoms with Gasteiger partial charge in [-0.2, -0.15) is 0 Å². The van der Waals surface area contributed by atoms with Crippen molar-refractivity contribution < 1.29 is 14.3 Å². The Bertz CT molecular complexity index is 581. The molecular formula is C15H14FNO2. The minimum Gasteiger partial charge on any atom is -0.385 e. The summed E-state index contributed by atoms with van der Waals surface area (Å²) < 4.78 is 12.8. The van der Waals surface area contributed by atoms with Gasteiger partial charge in [0.2, 0.25) is 0 Å². The van der Waals surface area contributed by atoms with Crippen molar-refractivity contribution in [2.45, 2.75) is 19.4 Å². The number of pyridine rings is 1. The van der Waals surface area contributed by atoms with Gasteiger partial charge in [-0.3, -0.25) is 9.78 Å². The zero-order valence-corrected chi connectivity index (χ0v) is 10.5. The van der Waals surface area contributed by atoms with Crippen molar-refractivity contribution in [3.8, 4) is 0 Å². The summed E-state index contributed by atoms with van der Waals surface area (Å²) in [5, 5.41) is 9.90. The summed E-state index contributed by atoms with van der Waals surface area (Å²) in [5.74, 6) is -0.838. The number of aliphatic hydroxyl groups excluding tert-OH is 1. The van der Waals surface area contributed by atoms with Crippen molar-refractivity contribution in [3.05, 3.63) is 65.2 Å². The van der Waals surface area contributed by atoms with Crippen LogP contribution in [0.5, 0.6) is 0 Å². The molecule has 2 aromatic rings. The van der Waals surface area contributed by atoms with Gasteiger partial charge in [0.05, 0.1) is 0 Å². The molecule has 0 bridgehead atoms. The lowest BCUT2D eigenvalue weighted by Gasteiger charge is -2.09. The first-order valence-corrected chi connectivity index (χ1v) is 5.96. The molecule has 1 aromatic heterocycles. The number of nitrogens with zero attached hydrogens (tertiary/aromatic N) is 1. The maximum atomic E-state index is 12.8. The van der Waals surface area contributed by atoms with Gasteiger partial charge in [0.1, 0.15) is 11.9 Å². The molecule has 98 valence electrons. The molecule has 1 unspecified atom stereocenters. The van der Waals surface area contributed by atoms with Crippen molar-refractivity contribution in [2.24, 2.45) is 0 Å². The number of aromatic nitrogens is 1. The van der Waals surface area contributed by atoms with E-state index in [2.05, 4.69) is 4.98 Å². The van der Waals surface area contributed by atoms with E-state index >= 15 is 0 Å². The van der Waals surface area contributed by atoms with Crippen molar-refractivity contribution in [1.82, 2.24) is 4.98 Å². The topological polar surface area (TPSA) is 50.2 Å². The highest BCUT2D eigenvalue weighted by atomic mass is 19.1. The van der Waals surface area contributed by atoms with Gasteiger partial charge in [0, 0.05) is 23.4 Å². The third kappa shape index (κ3) is 3.45. The number of benzene rings is 1. The van der Waals surface area contributed by atoms with Crippen LogP contribution >= 0.6 is 0 Å². The van der Waals surface area contributed by atoms with Crippen LogP contribution in [0, 0.1) is 12.7 Å². The minimum absolute atomic E-state index is 0.151. The van der Waals surface area contributed by atoms with Gasteiger partial charge < -0.3 is 5.11 Å². The SMILES string of the molecule is Cc1cccc(CC(O)C(=O)c2ccc(F)cc2)n1. The number of halogens is 1. The Morgan fingerprint density at radius 1 is 1.26 bits per heavy atom. The lowest BCUT2D eigenvalue weighted by molar-refractivity contribution is 0.0746. The van der Waals surface area contributed by atoms with Crippen molar-refractivity contribution in [2.75, 3.05) is 0 Å². The normalized spacial score (nSPS) is 12.2. The van der Waals surface area contributed by atoms with Crippen LogP contribution in [0.25, 0.3) is 0 Å². The molecule has 19 heavy (non-hydrogen) atoms. The second-order valence-electron chi connectivity index (χ2n) is 4.36. The second-order valence-corrected chi connectivity index (χ2v) is 4.36. The molecule has 0 fully saturated rings. The Balaban J connectivity index is 2.09. The van der Waals surface area contributed by atoms with Gasteiger partial charge in [-0.1, -0.05) is 6.07 Å². The number of Topliss-reactive ketones (excluding diaryl/α,β-unsaturated/α-hetero) is 1. The highest BCUT2D eigenvalue weighted by Crippen LogP contribution is 2.10. The molecule has 1 aromatic carbocycles. The molecule has 0 aliphatic rings. The monoisotopic (exact) mass is 259 g/mol. The van der Waals surface area contributed by atoms with Crippen LogP contribution in [-0.2, 0) is 6.42 Å². The summed E-state index contributed by atoms with van der Waals surface area (Å²) in [6.45, 7) is 1.84. The molecule has 1 atom stereocenters. The van der Waals surface area contributed by atoms with Crippen LogP contribution in [-0.4, -0.2) is 22.0 Å². The molecule has 1 N–H and O–H groups in total. The summed E-state index contributed by atoms with van der Waals surface area (Å²) >= 11 is 0. The fourth-order valence-corrected chi connectivity index (χ4v) is 1.81. The van der Waals surface area contributed by atoms with E-state index in [0.717, 1.165) is 5.69 Å². The molecule has 0 amide bonds. The van der Waals surface area contributed by atoms with E-state index in [1.54, 1.807) is 6.07 Å². The number of rotatable bonds is 4. The highest BCUT2D eigenvalue weighted by Gasteiger charge is 2.18. The number of hydrogen-bond donors (Lipinski definition) is 1. The smallest absolute Gasteiger partial charge is 0.191 e. The molecule has 0 saturated heterocycles.